The van der Waals surface area contributed by atoms with E-state index in [9.17, 15) is 65.9 Å². The largest absolute Gasteiger partial charge is 0.461 e. The standard InChI is InChI=1S/C6F15N/c7-1(8,3(11,12)13)5(17,18)22(21)6(19,20)2(9,10)4(14,15)16. The Labute approximate surface area is 109 Å². The van der Waals surface area contributed by atoms with Gasteiger partial charge in [-0.3, -0.25) is 0 Å². The van der Waals surface area contributed by atoms with Crippen molar-refractivity contribution in [1.82, 2.24) is 5.12 Å². The van der Waals surface area contributed by atoms with Crippen molar-refractivity contribution >= 4 is 0 Å². The van der Waals surface area contributed by atoms with Crippen LogP contribution in [0.3, 0.4) is 0 Å². The Morgan fingerprint density at radius 2 is 0.591 bits per heavy atom. The zero-order chi connectivity index (χ0) is 18.6. The smallest absolute Gasteiger partial charge is 0.187 e. The van der Waals surface area contributed by atoms with Gasteiger partial charge in [-0.2, -0.15) is 61.5 Å². The van der Waals surface area contributed by atoms with Gasteiger partial charge in [-0.25, -0.2) is 0 Å². The van der Waals surface area contributed by atoms with E-state index in [4.69, 9.17) is 0 Å². The fourth-order valence-corrected chi connectivity index (χ4v) is 0.764. The van der Waals surface area contributed by atoms with Crippen LogP contribution >= 0.6 is 0 Å². The molecule has 0 N–H and O–H groups in total. The molecule has 22 heavy (non-hydrogen) atoms. The molecular formula is C6F15N. The minimum absolute atomic E-state index is 4.47. The predicted octanol–water partition coefficient (Wildman–Crippen LogP) is 4.75. The Bertz CT molecular complexity index is 363. The third kappa shape index (κ3) is 2.76. The van der Waals surface area contributed by atoms with Crippen LogP contribution in [0.1, 0.15) is 0 Å². The van der Waals surface area contributed by atoms with Crippen molar-refractivity contribution in [3.63, 3.8) is 0 Å². The third-order valence-electron chi connectivity index (χ3n) is 1.96. The summed E-state index contributed by atoms with van der Waals surface area (Å²) < 4.78 is 180. The first-order chi connectivity index (χ1) is 9.15. The second kappa shape index (κ2) is 4.95. The summed E-state index contributed by atoms with van der Waals surface area (Å²) in [7, 11) is 0. The van der Waals surface area contributed by atoms with Gasteiger partial charge >= 0.3 is 36.3 Å². The van der Waals surface area contributed by atoms with Crippen molar-refractivity contribution < 1.29 is 65.9 Å². The summed E-state index contributed by atoms with van der Waals surface area (Å²) in [6.07, 6.45) is -14.9. The Kier molecular flexibility index (Phi) is 4.71. The predicted molar refractivity (Wildman–Crippen MR) is 34.8 cm³/mol. The minimum atomic E-state index is -7.77. The highest BCUT2D eigenvalue weighted by molar-refractivity contribution is 4.96. The normalized spacial score (nSPS) is 16.4. The fraction of sp³-hybridized carbons (Fsp3) is 1.00. The molecule has 0 aromatic heterocycles. The quantitative estimate of drug-likeness (QED) is 0.392. The van der Waals surface area contributed by atoms with Crippen LogP contribution in [0.15, 0.2) is 0 Å². The highest BCUT2D eigenvalue weighted by Crippen LogP contribution is 2.55. The molecule has 0 aliphatic heterocycles. The fourth-order valence-electron chi connectivity index (χ4n) is 0.764. The van der Waals surface area contributed by atoms with Crippen molar-refractivity contribution in [2.45, 2.75) is 36.3 Å². The maximum atomic E-state index is 12.4. The lowest BCUT2D eigenvalue weighted by Crippen LogP contribution is -2.68. The van der Waals surface area contributed by atoms with Crippen LogP contribution in [0.5, 0.6) is 0 Å². The summed E-state index contributed by atoms with van der Waals surface area (Å²) in [4.78, 5) is 0. The number of alkyl halides is 14. The number of halogens is 15. The second-order valence-electron chi connectivity index (χ2n) is 3.51. The van der Waals surface area contributed by atoms with Gasteiger partial charge in [0, 0.05) is 0 Å². The van der Waals surface area contributed by atoms with Gasteiger partial charge in [0.2, 0.25) is 0 Å². The maximum Gasteiger partial charge on any atom is 0.461 e. The van der Waals surface area contributed by atoms with Gasteiger partial charge in [0.15, 0.2) is 0 Å². The van der Waals surface area contributed by atoms with E-state index in [-0.39, 0.29) is 0 Å². The number of hydrogen-bond donors (Lipinski definition) is 0. The molecule has 0 unspecified atom stereocenters. The highest BCUT2D eigenvalue weighted by Gasteiger charge is 2.85. The Morgan fingerprint density at radius 1 is 0.409 bits per heavy atom. The van der Waals surface area contributed by atoms with Crippen LogP contribution in [0.2, 0.25) is 0 Å². The van der Waals surface area contributed by atoms with Crippen LogP contribution in [0, 0.1) is 0 Å². The lowest BCUT2D eigenvalue weighted by molar-refractivity contribution is -0.493. The molecule has 0 aliphatic rings. The van der Waals surface area contributed by atoms with E-state index in [0.717, 1.165) is 0 Å². The molecule has 0 atom stereocenters. The van der Waals surface area contributed by atoms with Gasteiger partial charge in [-0.05, 0) is 5.12 Å². The van der Waals surface area contributed by atoms with E-state index < -0.39 is 41.4 Å². The maximum absolute atomic E-state index is 12.4. The van der Waals surface area contributed by atoms with E-state index in [2.05, 4.69) is 0 Å². The third-order valence-corrected chi connectivity index (χ3v) is 1.96. The molecule has 0 spiro atoms. The van der Waals surface area contributed by atoms with E-state index in [1.807, 2.05) is 0 Å². The first-order valence-electron chi connectivity index (χ1n) is 4.26. The summed E-state index contributed by atoms with van der Waals surface area (Å²) in [6, 6.07) is -15.5. The van der Waals surface area contributed by atoms with Crippen LogP contribution in [-0.2, 0) is 0 Å². The average Bonchev–Trinajstić information content (AvgIpc) is 2.24. The molecule has 134 valence electrons. The SMILES string of the molecule is FN(C(F)(F)C(F)(F)C(F)(F)F)C(F)(F)C(F)(F)C(F)(F)F. The summed E-state index contributed by atoms with van der Waals surface area (Å²) >= 11 is 0. The highest BCUT2D eigenvalue weighted by atomic mass is 19.4. The van der Waals surface area contributed by atoms with Crippen LogP contribution < -0.4 is 0 Å². The van der Waals surface area contributed by atoms with Gasteiger partial charge < -0.3 is 0 Å². The van der Waals surface area contributed by atoms with E-state index in [0.29, 0.717) is 0 Å². The molecule has 0 aromatic carbocycles. The molecule has 0 bridgehead atoms. The minimum Gasteiger partial charge on any atom is -0.187 e. The second-order valence-corrected chi connectivity index (χ2v) is 3.51. The van der Waals surface area contributed by atoms with Crippen LogP contribution in [0.4, 0.5) is 65.9 Å². The zero-order valence-corrected chi connectivity index (χ0v) is 9.12. The monoisotopic (exact) mass is 371 g/mol. The van der Waals surface area contributed by atoms with E-state index >= 15 is 0 Å². The van der Waals surface area contributed by atoms with Crippen molar-refractivity contribution in [3.8, 4) is 0 Å². The molecule has 0 aliphatic carbocycles. The lowest BCUT2D eigenvalue weighted by atomic mass is 10.2. The summed E-state index contributed by atoms with van der Waals surface area (Å²) in [5.74, 6) is -15.4. The zero-order valence-electron chi connectivity index (χ0n) is 9.12. The molecule has 0 fully saturated rings. The summed E-state index contributed by atoms with van der Waals surface area (Å²) in [5, 5.41) is -4.47. The molecule has 0 amide bonds. The summed E-state index contributed by atoms with van der Waals surface area (Å²) in [5.41, 5.74) is 0. The van der Waals surface area contributed by atoms with Crippen molar-refractivity contribution in [1.29, 1.82) is 0 Å². The van der Waals surface area contributed by atoms with E-state index in [1.165, 1.54) is 0 Å². The molecule has 0 saturated heterocycles. The van der Waals surface area contributed by atoms with Crippen molar-refractivity contribution in [3.05, 3.63) is 0 Å². The van der Waals surface area contributed by atoms with Gasteiger partial charge in [-0.15, -0.1) is 4.48 Å². The van der Waals surface area contributed by atoms with E-state index in [1.54, 1.807) is 0 Å². The topological polar surface area (TPSA) is 3.24 Å². The number of nitrogens with zero attached hydrogens (tertiary/aromatic N) is 1. The Morgan fingerprint density at radius 3 is 0.727 bits per heavy atom. The molecule has 0 saturated carbocycles. The Hall–Kier alpha value is -1.09. The van der Waals surface area contributed by atoms with Gasteiger partial charge in [0.05, 0.1) is 0 Å². The average molecular weight is 371 g/mol. The van der Waals surface area contributed by atoms with Gasteiger partial charge in [0.1, 0.15) is 0 Å². The van der Waals surface area contributed by atoms with Crippen LogP contribution in [0.25, 0.3) is 0 Å². The van der Waals surface area contributed by atoms with Gasteiger partial charge in [-0.1, -0.05) is 0 Å². The first kappa shape index (κ1) is 20.9. The molecule has 0 rings (SSSR count). The Balaban J connectivity index is 6.00. The lowest BCUT2D eigenvalue weighted by Gasteiger charge is -2.37. The van der Waals surface area contributed by atoms with Crippen LogP contribution in [-0.4, -0.2) is 41.4 Å². The molecule has 1 nitrogen and oxygen atoms in total. The molecular weight excluding hydrogens is 371 g/mol. The molecule has 16 heteroatoms. The van der Waals surface area contributed by atoms with Crippen molar-refractivity contribution in [2.75, 3.05) is 0 Å². The summed E-state index contributed by atoms with van der Waals surface area (Å²) in [6.45, 7) is 0. The number of rotatable bonds is 4. The molecule has 0 heterocycles. The van der Waals surface area contributed by atoms with Gasteiger partial charge in [0.25, 0.3) is 0 Å². The first-order valence-corrected chi connectivity index (χ1v) is 4.26. The molecule has 0 radical (unpaired) electrons. The molecule has 0 aromatic rings. The number of hydrogen-bond acceptors (Lipinski definition) is 1. The van der Waals surface area contributed by atoms with Crippen molar-refractivity contribution in [2.24, 2.45) is 0 Å².